The molecular weight excluding hydrogens is 510 g/mol. The zero-order valence-electron chi connectivity index (χ0n) is 23.2. The summed E-state index contributed by atoms with van der Waals surface area (Å²) in [5.74, 6) is -0.331. The second kappa shape index (κ2) is 13.7. The van der Waals surface area contributed by atoms with Crippen molar-refractivity contribution in [3.05, 3.63) is 132 Å². The minimum Gasteiger partial charge on any atom is -0.326 e. The maximum atomic E-state index is 14.2. The lowest BCUT2D eigenvalue weighted by atomic mass is 9.92. The Labute approximate surface area is 241 Å². The Hall–Kier alpha value is -4.59. The molecule has 1 fully saturated rings. The summed E-state index contributed by atoms with van der Waals surface area (Å²) in [6.45, 7) is 5.52. The number of hydrogen-bond donors (Lipinski definition) is 2. The van der Waals surface area contributed by atoms with Crippen LogP contribution in [0.5, 0.6) is 0 Å². The summed E-state index contributed by atoms with van der Waals surface area (Å²) in [5.41, 5.74) is 7.63. The molecule has 1 unspecified atom stereocenters. The number of ketones is 1. The number of nitrogens with one attached hydrogen (secondary N) is 2. The van der Waals surface area contributed by atoms with Gasteiger partial charge in [0.25, 0.3) is 0 Å². The molecule has 4 aromatic carbocycles. The number of benzene rings is 4. The smallest absolute Gasteiger partial charge is 0.221 e. The summed E-state index contributed by atoms with van der Waals surface area (Å²) in [4.78, 5) is 31.1. The van der Waals surface area contributed by atoms with Crippen molar-refractivity contribution in [1.29, 1.82) is 0 Å². The first-order chi connectivity index (χ1) is 20.1. The molecule has 5 rings (SSSR count). The molecule has 208 valence electrons. The van der Waals surface area contributed by atoms with Crippen molar-refractivity contribution in [2.24, 2.45) is 5.10 Å². The van der Waals surface area contributed by atoms with E-state index in [1.807, 2.05) is 91.0 Å². The minimum absolute atomic E-state index is 0.164. The predicted octanol–water partition coefficient (Wildman–Crippen LogP) is 5.85. The first-order valence-electron chi connectivity index (χ1n) is 13.9. The van der Waals surface area contributed by atoms with Crippen molar-refractivity contribution in [1.82, 2.24) is 9.80 Å². The Morgan fingerprint density at radius 3 is 2.00 bits per heavy atom. The third-order valence-electron chi connectivity index (χ3n) is 7.19. The normalized spacial score (nSPS) is 15.2. The molecule has 7 nitrogen and oxygen atoms in total. The molecule has 0 aliphatic carbocycles. The second-order valence-electron chi connectivity index (χ2n) is 10.1. The Bertz CT molecular complexity index is 1470. The van der Waals surface area contributed by atoms with Crippen LogP contribution in [0.1, 0.15) is 34.5 Å². The Morgan fingerprint density at radius 2 is 1.34 bits per heavy atom. The molecule has 4 aromatic rings. The van der Waals surface area contributed by atoms with Crippen LogP contribution in [0.4, 0.5) is 11.4 Å². The largest absolute Gasteiger partial charge is 0.326 e. The van der Waals surface area contributed by atoms with Crippen LogP contribution < -0.4 is 10.7 Å². The van der Waals surface area contributed by atoms with E-state index in [2.05, 4.69) is 44.8 Å². The summed E-state index contributed by atoms with van der Waals surface area (Å²) in [6.07, 6.45) is 0. The van der Waals surface area contributed by atoms with Crippen molar-refractivity contribution >= 4 is 28.8 Å². The number of amides is 1. The second-order valence-corrected chi connectivity index (χ2v) is 10.1. The molecule has 1 aliphatic heterocycles. The van der Waals surface area contributed by atoms with Crippen LogP contribution in [0, 0.1) is 0 Å². The molecule has 0 bridgehead atoms. The van der Waals surface area contributed by atoms with Gasteiger partial charge in [0.05, 0.1) is 11.7 Å². The molecule has 0 saturated carbocycles. The van der Waals surface area contributed by atoms with Crippen LogP contribution in [0.3, 0.4) is 0 Å². The van der Waals surface area contributed by atoms with Crippen LogP contribution in [0.25, 0.3) is 0 Å². The lowest BCUT2D eigenvalue weighted by Crippen LogP contribution is -2.50. The Kier molecular flexibility index (Phi) is 9.31. The number of nitrogens with zero attached hydrogens (tertiary/aromatic N) is 3. The highest BCUT2D eigenvalue weighted by Crippen LogP contribution is 2.32. The number of piperazine rings is 1. The van der Waals surface area contributed by atoms with E-state index >= 15 is 0 Å². The van der Waals surface area contributed by atoms with E-state index in [0.717, 1.165) is 44.0 Å². The van der Waals surface area contributed by atoms with Crippen LogP contribution in [-0.4, -0.2) is 53.4 Å². The molecule has 7 heteroatoms. The predicted molar refractivity (Wildman–Crippen MR) is 165 cm³/mol. The molecule has 2 N–H and O–H groups in total. The van der Waals surface area contributed by atoms with E-state index < -0.39 is 6.04 Å². The number of para-hydroxylation sites is 2. The average molecular weight is 546 g/mol. The maximum Gasteiger partial charge on any atom is 0.221 e. The van der Waals surface area contributed by atoms with E-state index in [1.54, 1.807) is 0 Å². The molecule has 0 radical (unpaired) electrons. The number of rotatable bonds is 10. The Morgan fingerprint density at radius 1 is 0.756 bits per heavy atom. The van der Waals surface area contributed by atoms with Gasteiger partial charge in [-0.1, -0.05) is 97.1 Å². The van der Waals surface area contributed by atoms with Gasteiger partial charge in [0, 0.05) is 50.9 Å². The third-order valence-corrected chi connectivity index (χ3v) is 7.19. The van der Waals surface area contributed by atoms with E-state index in [1.165, 1.54) is 12.5 Å². The molecule has 1 atom stereocenters. The summed E-state index contributed by atoms with van der Waals surface area (Å²) in [7, 11) is 0. The van der Waals surface area contributed by atoms with Crippen molar-refractivity contribution in [3.8, 4) is 0 Å². The number of Topliss-reactive ketones (excluding diaryl/α,β-unsaturated/α-hetero) is 1. The highest BCUT2D eigenvalue weighted by molar-refractivity contribution is 6.47. The van der Waals surface area contributed by atoms with Gasteiger partial charge in [-0.05, 0) is 29.3 Å². The SMILES string of the molecule is CC(=O)Nc1ccccc1C(/C(=N/Nc1ccccc1)C(=O)c1ccccc1)N1CCN(Cc2ccccc2)CC1. The van der Waals surface area contributed by atoms with Gasteiger partial charge < -0.3 is 5.32 Å². The fourth-order valence-electron chi connectivity index (χ4n) is 5.19. The first kappa shape index (κ1) is 28.0. The van der Waals surface area contributed by atoms with Gasteiger partial charge in [-0.25, -0.2) is 0 Å². The highest BCUT2D eigenvalue weighted by Gasteiger charge is 2.34. The number of hydrazone groups is 1. The van der Waals surface area contributed by atoms with Gasteiger partial charge in [0.1, 0.15) is 5.71 Å². The molecule has 1 amide bonds. The highest BCUT2D eigenvalue weighted by atomic mass is 16.1. The maximum absolute atomic E-state index is 14.2. The molecule has 1 aliphatic rings. The minimum atomic E-state index is -0.485. The summed E-state index contributed by atoms with van der Waals surface area (Å²) in [5, 5.41) is 7.76. The quantitative estimate of drug-likeness (QED) is 0.148. The fourth-order valence-corrected chi connectivity index (χ4v) is 5.19. The van der Waals surface area contributed by atoms with Crippen molar-refractivity contribution in [2.45, 2.75) is 19.5 Å². The van der Waals surface area contributed by atoms with Gasteiger partial charge in [-0.2, -0.15) is 5.10 Å². The third kappa shape index (κ3) is 7.33. The topological polar surface area (TPSA) is 77.0 Å². The van der Waals surface area contributed by atoms with Gasteiger partial charge in [-0.15, -0.1) is 0 Å². The summed E-state index contributed by atoms with van der Waals surface area (Å²) in [6, 6.07) is 36.5. The zero-order valence-corrected chi connectivity index (χ0v) is 23.2. The summed E-state index contributed by atoms with van der Waals surface area (Å²) >= 11 is 0. The van der Waals surface area contributed by atoms with E-state index in [9.17, 15) is 9.59 Å². The lowest BCUT2D eigenvalue weighted by molar-refractivity contribution is -0.114. The average Bonchev–Trinajstić information content (AvgIpc) is 3.01. The molecule has 1 heterocycles. The van der Waals surface area contributed by atoms with Crippen molar-refractivity contribution in [2.75, 3.05) is 36.9 Å². The molecule has 1 saturated heterocycles. The van der Waals surface area contributed by atoms with Crippen LogP contribution in [0.15, 0.2) is 120 Å². The molecule has 0 aromatic heterocycles. The zero-order chi connectivity index (χ0) is 28.4. The van der Waals surface area contributed by atoms with Gasteiger partial charge in [-0.3, -0.25) is 24.8 Å². The van der Waals surface area contributed by atoms with Crippen molar-refractivity contribution < 1.29 is 9.59 Å². The standard InChI is InChI=1S/C34H35N5O2/c1-26(40)35-31-20-12-11-19-30(31)33(39-23-21-38(22-24-39)25-27-13-5-2-6-14-27)32(34(41)28-15-7-3-8-16-28)37-36-29-17-9-4-10-18-29/h2-20,33,36H,21-25H2,1H3,(H,35,40)/b37-32-. The molecular formula is C34H35N5O2. The van der Waals surface area contributed by atoms with Gasteiger partial charge >= 0.3 is 0 Å². The van der Waals surface area contributed by atoms with Gasteiger partial charge in [0.15, 0.2) is 0 Å². The van der Waals surface area contributed by atoms with E-state index in [-0.39, 0.29) is 11.7 Å². The lowest BCUT2D eigenvalue weighted by Gasteiger charge is -2.40. The van der Waals surface area contributed by atoms with E-state index in [0.29, 0.717) is 17.0 Å². The van der Waals surface area contributed by atoms with E-state index in [4.69, 9.17) is 5.10 Å². The molecule has 41 heavy (non-hydrogen) atoms. The van der Waals surface area contributed by atoms with Gasteiger partial charge in [0.2, 0.25) is 11.7 Å². The number of carbonyl (C=O) groups is 2. The van der Waals surface area contributed by atoms with Crippen molar-refractivity contribution in [3.63, 3.8) is 0 Å². The number of carbonyl (C=O) groups excluding carboxylic acids is 2. The monoisotopic (exact) mass is 545 g/mol. The van der Waals surface area contributed by atoms with Crippen LogP contribution >= 0.6 is 0 Å². The number of anilines is 2. The molecule has 0 spiro atoms. The van der Waals surface area contributed by atoms with Crippen LogP contribution in [0.2, 0.25) is 0 Å². The fraction of sp³-hybridized carbons (Fsp3) is 0.206. The summed E-state index contributed by atoms with van der Waals surface area (Å²) < 4.78 is 0. The van der Waals surface area contributed by atoms with Crippen LogP contribution in [-0.2, 0) is 11.3 Å². The Balaban J connectivity index is 1.53. The number of hydrogen-bond acceptors (Lipinski definition) is 6. The first-order valence-corrected chi connectivity index (χ1v) is 13.9.